The van der Waals surface area contributed by atoms with Crippen LogP contribution < -0.4 is 5.73 Å². The summed E-state index contributed by atoms with van der Waals surface area (Å²) in [5.41, 5.74) is 5.95. The third-order valence-corrected chi connectivity index (χ3v) is 4.49. The van der Waals surface area contributed by atoms with Gasteiger partial charge in [-0.3, -0.25) is 0 Å². The Kier molecular flexibility index (Phi) is 4.12. The van der Waals surface area contributed by atoms with Gasteiger partial charge in [-0.05, 0) is 58.3 Å². The van der Waals surface area contributed by atoms with E-state index in [1.165, 1.54) is 38.8 Å². The summed E-state index contributed by atoms with van der Waals surface area (Å²) in [6.45, 7) is 3.48. The van der Waals surface area contributed by atoms with Gasteiger partial charge in [-0.1, -0.05) is 5.16 Å². The minimum Gasteiger partial charge on any atom is -0.409 e. The van der Waals surface area contributed by atoms with Crippen molar-refractivity contribution in [1.29, 1.82) is 0 Å². The molecule has 1 aliphatic carbocycles. The van der Waals surface area contributed by atoms with Crippen LogP contribution in [0.4, 0.5) is 0 Å². The molecule has 5 heteroatoms. The quantitative estimate of drug-likeness (QED) is 0.331. The fourth-order valence-corrected chi connectivity index (χ4v) is 3.06. The van der Waals surface area contributed by atoms with Crippen molar-refractivity contribution in [2.75, 3.05) is 33.7 Å². The Labute approximate surface area is 110 Å². The Balaban J connectivity index is 1.78. The summed E-state index contributed by atoms with van der Waals surface area (Å²) >= 11 is 0. The zero-order chi connectivity index (χ0) is 13.2. The van der Waals surface area contributed by atoms with Crippen molar-refractivity contribution < 1.29 is 5.21 Å². The molecule has 18 heavy (non-hydrogen) atoms. The Morgan fingerprint density at radius 2 is 2.00 bits per heavy atom. The summed E-state index contributed by atoms with van der Waals surface area (Å²) in [5.74, 6) is 0.385. The van der Waals surface area contributed by atoms with Gasteiger partial charge in [0, 0.05) is 19.0 Å². The maximum absolute atomic E-state index is 8.67. The van der Waals surface area contributed by atoms with Crippen LogP contribution >= 0.6 is 0 Å². The first-order valence-electron chi connectivity index (χ1n) is 6.90. The van der Waals surface area contributed by atoms with Crippen LogP contribution in [0, 0.1) is 5.41 Å². The maximum Gasteiger partial charge on any atom is 0.139 e. The molecular weight excluding hydrogens is 228 g/mol. The lowest BCUT2D eigenvalue weighted by molar-refractivity contribution is 0.126. The zero-order valence-corrected chi connectivity index (χ0v) is 11.6. The van der Waals surface area contributed by atoms with Crippen molar-refractivity contribution >= 4 is 5.84 Å². The normalized spacial score (nSPS) is 25.6. The monoisotopic (exact) mass is 254 g/mol. The standard InChI is InChI=1S/C13H26N4O/c1-16(2)11-3-7-17(8-4-11)10-13(5-6-13)9-12(14)15-18/h11,18H,3-10H2,1-2H3,(H2,14,15). The molecular formula is C13H26N4O. The van der Waals surface area contributed by atoms with Crippen LogP contribution in [-0.2, 0) is 0 Å². The molecule has 1 saturated carbocycles. The van der Waals surface area contributed by atoms with E-state index < -0.39 is 0 Å². The van der Waals surface area contributed by atoms with Crippen molar-refractivity contribution in [2.45, 2.75) is 38.1 Å². The third-order valence-electron chi connectivity index (χ3n) is 4.49. The fourth-order valence-electron chi connectivity index (χ4n) is 3.06. The van der Waals surface area contributed by atoms with Gasteiger partial charge >= 0.3 is 0 Å². The molecule has 2 fully saturated rings. The van der Waals surface area contributed by atoms with Crippen LogP contribution in [0.15, 0.2) is 5.16 Å². The predicted molar refractivity (Wildman–Crippen MR) is 72.8 cm³/mol. The highest BCUT2D eigenvalue weighted by atomic mass is 16.4. The van der Waals surface area contributed by atoms with Crippen LogP contribution in [-0.4, -0.2) is 60.6 Å². The average molecular weight is 254 g/mol. The molecule has 0 aromatic rings. The van der Waals surface area contributed by atoms with Gasteiger partial charge in [-0.15, -0.1) is 0 Å². The number of piperidine rings is 1. The van der Waals surface area contributed by atoms with E-state index in [4.69, 9.17) is 10.9 Å². The highest BCUT2D eigenvalue weighted by molar-refractivity contribution is 5.80. The minimum atomic E-state index is 0.307. The SMILES string of the molecule is CN(C)C1CCN(CC2(CC(N)=NO)CC2)CC1. The molecule has 0 atom stereocenters. The molecule has 1 heterocycles. The van der Waals surface area contributed by atoms with Crippen LogP contribution in [0.3, 0.4) is 0 Å². The van der Waals surface area contributed by atoms with Crippen LogP contribution in [0.5, 0.6) is 0 Å². The first-order valence-corrected chi connectivity index (χ1v) is 6.90. The second kappa shape index (κ2) is 5.45. The van der Waals surface area contributed by atoms with Gasteiger partial charge in [-0.2, -0.15) is 0 Å². The second-order valence-electron chi connectivity index (χ2n) is 6.24. The van der Waals surface area contributed by atoms with E-state index in [0.29, 0.717) is 11.3 Å². The van der Waals surface area contributed by atoms with Crippen LogP contribution in [0.25, 0.3) is 0 Å². The fraction of sp³-hybridized carbons (Fsp3) is 0.923. The van der Waals surface area contributed by atoms with Crippen molar-refractivity contribution in [1.82, 2.24) is 9.80 Å². The van der Waals surface area contributed by atoms with E-state index >= 15 is 0 Å². The molecule has 2 rings (SSSR count). The summed E-state index contributed by atoms with van der Waals surface area (Å²) in [5, 5.41) is 11.8. The van der Waals surface area contributed by atoms with E-state index in [0.717, 1.165) is 19.0 Å². The number of hydrogen-bond donors (Lipinski definition) is 2. The minimum absolute atomic E-state index is 0.307. The van der Waals surface area contributed by atoms with Gasteiger partial charge in [0.15, 0.2) is 0 Å². The van der Waals surface area contributed by atoms with Gasteiger partial charge in [0.2, 0.25) is 0 Å². The third kappa shape index (κ3) is 3.36. The van der Waals surface area contributed by atoms with Crippen molar-refractivity contribution in [2.24, 2.45) is 16.3 Å². The van der Waals surface area contributed by atoms with E-state index in [-0.39, 0.29) is 0 Å². The molecule has 0 radical (unpaired) electrons. The van der Waals surface area contributed by atoms with E-state index in [2.05, 4.69) is 29.1 Å². The predicted octanol–water partition coefficient (Wildman–Crippen LogP) is 0.929. The van der Waals surface area contributed by atoms with E-state index in [9.17, 15) is 0 Å². The molecule has 0 unspecified atom stereocenters. The molecule has 5 nitrogen and oxygen atoms in total. The highest BCUT2D eigenvalue weighted by Gasteiger charge is 2.44. The molecule has 1 aliphatic heterocycles. The topological polar surface area (TPSA) is 65.1 Å². The van der Waals surface area contributed by atoms with Gasteiger partial charge < -0.3 is 20.7 Å². The lowest BCUT2D eigenvalue weighted by Gasteiger charge is -2.36. The molecule has 2 aliphatic rings. The first-order chi connectivity index (χ1) is 8.54. The number of amidine groups is 1. The molecule has 3 N–H and O–H groups in total. The molecule has 0 spiro atoms. The number of nitrogens with two attached hydrogens (primary N) is 1. The molecule has 0 aromatic heterocycles. The van der Waals surface area contributed by atoms with E-state index in [1.54, 1.807) is 0 Å². The molecule has 0 aromatic carbocycles. The Hall–Kier alpha value is -0.810. The van der Waals surface area contributed by atoms with E-state index in [1.807, 2.05) is 0 Å². The lowest BCUT2D eigenvalue weighted by atomic mass is 9.98. The van der Waals surface area contributed by atoms with Gasteiger partial charge in [0.25, 0.3) is 0 Å². The molecule has 1 saturated heterocycles. The average Bonchev–Trinajstić information content (AvgIpc) is 3.09. The number of likely N-dealkylation sites (tertiary alicyclic amines) is 1. The Morgan fingerprint density at radius 1 is 1.39 bits per heavy atom. The molecule has 0 amide bonds. The van der Waals surface area contributed by atoms with Crippen molar-refractivity contribution in [3.8, 4) is 0 Å². The summed E-state index contributed by atoms with van der Waals surface area (Å²) in [6.07, 6.45) is 5.70. The van der Waals surface area contributed by atoms with Gasteiger partial charge in [0.05, 0.1) is 0 Å². The summed E-state index contributed by atoms with van der Waals surface area (Å²) in [6, 6.07) is 0.737. The van der Waals surface area contributed by atoms with Crippen molar-refractivity contribution in [3.05, 3.63) is 0 Å². The first kappa shape index (κ1) is 13.6. The zero-order valence-electron chi connectivity index (χ0n) is 11.6. The van der Waals surface area contributed by atoms with Gasteiger partial charge in [0.1, 0.15) is 5.84 Å². The number of nitrogens with zero attached hydrogens (tertiary/aromatic N) is 3. The van der Waals surface area contributed by atoms with Gasteiger partial charge in [-0.25, -0.2) is 0 Å². The summed E-state index contributed by atoms with van der Waals surface area (Å²) in [7, 11) is 4.34. The Morgan fingerprint density at radius 3 is 2.44 bits per heavy atom. The number of hydrogen-bond acceptors (Lipinski definition) is 4. The smallest absolute Gasteiger partial charge is 0.139 e. The second-order valence-corrected chi connectivity index (χ2v) is 6.24. The summed E-state index contributed by atoms with van der Waals surface area (Å²) < 4.78 is 0. The van der Waals surface area contributed by atoms with Crippen LogP contribution in [0.2, 0.25) is 0 Å². The highest BCUT2D eigenvalue weighted by Crippen LogP contribution is 2.49. The number of oxime groups is 1. The van der Waals surface area contributed by atoms with Crippen LogP contribution in [0.1, 0.15) is 32.1 Å². The lowest BCUT2D eigenvalue weighted by Crippen LogP contribution is -2.44. The number of rotatable bonds is 5. The Bertz CT molecular complexity index is 304. The molecule has 0 bridgehead atoms. The summed E-state index contributed by atoms with van der Waals surface area (Å²) in [4.78, 5) is 4.89. The molecule has 104 valence electrons. The van der Waals surface area contributed by atoms with Crippen molar-refractivity contribution in [3.63, 3.8) is 0 Å². The largest absolute Gasteiger partial charge is 0.409 e. The maximum atomic E-state index is 8.67.